The van der Waals surface area contributed by atoms with E-state index in [1.807, 2.05) is 0 Å². The summed E-state index contributed by atoms with van der Waals surface area (Å²) in [5.74, 6) is -1.78. The van der Waals surface area contributed by atoms with E-state index >= 15 is 0 Å². The summed E-state index contributed by atoms with van der Waals surface area (Å²) in [5, 5.41) is 19.2. The second kappa shape index (κ2) is 5.15. The van der Waals surface area contributed by atoms with Gasteiger partial charge >= 0.3 is 68.9 Å². The largest absolute Gasteiger partial charge is 1.00 e. The Morgan fingerprint density at radius 2 is 2.08 bits per heavy atom. The van der Waals surface area contributed by atoms with Gasteiger partial charge in [0, 0.05) is 17.3 Å². The second-order valence-electron chi connectivity index (χ2n) is 2.06. The number of nitrogen functional groups attached to an aromatic ring is 1. The second-order valence-corrected chi connectivity index (χ2v) is 2.06. The number of nitrogens with two attached hydrogens (primary N) is 1. The number of benzene rings is 1. The quantitative estimate of drug-likeness (QED) is 0.521. The summed E-state index contributed by atoms with van der Waals surface area (Å²) in [6, 6.07) is 3.73. The molecule has 0 bridgehead atoms. The van der Waals surface area contributed by atoms with Crippen LogP contribution in [0.25, 0.3) is 0 Å². The first kappa shape index (κ1) is 12.3. The van der Waals surface area contributed by atoms with Crippen LogP contribution in [0.3, 0.4) is 0 Å². The Hall–Kier alpha value is 0.342. The fourth-order valence-electron chi connectivity index (χ4n) is 0.721. The first-order valence-corrected chi connectivity index (χ1v) is 2.91. The minimum absolute atomic E-state index is 0. The third kappa shape index (κ3) is 3.00. The van der Waals surface area contributed by atoms with Crippen LogP contribution in [0.5, 0.6) is 5.75 Å². The number of phenols is 1. The van der Waals surface area contributed by atoms with Crippen LogP contribution in [0, 0.1) is 0 Å². The van der Waals surface area contributed by atoms with Gasteiger partial charge in [0.1, 0.15) is 5.75 Å². The molecule has 0 aliphatic rings. The van der Waals surface area contributed by atoms with Crippen molar-refractivity contribution in [1.82, 2.24) is 0 Å². The van der Waals surface area contributed by atoms with Gasteiger partial charge in [0.15, 0.2) is 0 Å². The van der Waals surface area contributed by atoms with Crippen molar-refractivity contribution in [3.05, 3.63) is 23.8 Å². The number of aromatic carboxylic acids is 1. The maximum absolute atomic E-state index is 10.2. The molecule has 0 fully saturated rings. The van der Waals surface area contributed by atoms with Crippen LogP contribution in [-0.2, 0) is 0 Å². The summed E-state index contributed by atoms with van der Waals surface area (Å²) in [6.45, 7) is 0. The topological polar surface area (TPSA) is 86.4 Å². The van der Waals surface area contributed by atoms with Crippen molar-refractivity contribution in [1.29, 1.82) is 0 Å². The summed E-state index contributed by atoms with van der Waals surface area (Å²) in [5.41, 5.74) is 5.32. The van der Waals surface area contributed by atoms with Gasteiger partial charge in [0.25, 0.3) is 0 Å². The van der Waals surface area contributed by atoms with E-state index in [1.165, 1.54) is 12.1 Å². The molecule has 5 heteroatoms. The molecule has 0 amide bonds. The van der Waals surface area contributed by atoms with Gasteiger partial charge in [-0.2, -0.15) is 0 Å². The molecule has 0 unspecified atom stereocenters. The molecular formula is C7H6CsNO3. The molecule has 1 aromatic rings. The summed E-state index contributed by atoms with van der Waals surface area (Å²) in [6.07, 6.45) is 0. The maximum Gasteiger partial charge on any atom is 1.00 e. The van der Waals surface area contributed by atoms with E-state index in [-0.39, 0.29) is 80.2 Å². The minimum Gasteiger partial charge on any atom is -0.545 e. The van der Waals surface area contributed by atoms with Crippen molar-refractivity contribution in [3.8, 4) is 5.75 Å². The van der Waals surface area contributed by atoms with Crippen molar-refractivity contribution >= 4 is 11.7 Å². The minimum atomic E-state index is -1.41. The van der Waals surface area contributed by atoms with E-state index in [0.717, 1.165) is 6.07 Å². The molecule has 0 saturated heterocycles. The molecule has 12 heavy (non-hydrogen) atoms. The van der Waals surface area contributed by atoms with Crippen LogP contribution >= 0.6 is 0 Å². The predicted octanol–water partition coefficient (Wildman–Crippen LogP) is -3.66. The number of carboxylic acids is 1. The van der Waals surface area contributed by atoms with Crippen LogP contribution in [0.1, 0.15) is 10.4 Å². The van der Waals surface area contributed by atoms with E-state index in [2.05, 4.69) is 0 Å². The number of carbonyl (C=O) groups excluding carboxylic acids is 1. The molecule has 1 rings (SSSR count). The Bertz CT molecular complexity index is 301. The van der Waals surface area contributed by atoms with Gasteiger partial charge in [0.2, 0.25) is 0 Å². The number of rotatable bonds is 1. The molecule has 4 nitrogen and oxygen atoms in total. The number of aromatic hydroxyl groups is 1. The SMILES string of the molecule is Nc1ccc(C(=O)[O-])c(O)c1.[Cs+]. The van der Waals surface area contributed by atoms with Crippen molar-refractivity contribution in [3.63, 3.8) is 0 Å². The summed E-state index contributed by atoms with van der Waals surface area (Å²) >= 11 is 0. The Kier molecular flexibility index (Phi) is 5.30. The molecule has 0 atom stereocenters. The van der Waals surface area contributed by atoms with Crippen molar-refractivity contribution < 1.29 is 83.9 Å². The summed E-state index contributed by atoms with van der Waals surface area (Å²) in [7, 11) is 0. The van der Waals surface area contributed by atoms with E-state index in [4.69, 9.17) is 10.8 Å². The zero-order valence-corrected chi connectivity index (χ0v) is 12.9. The fraction of sp³-hybridized carbons (Fsp3) is 0. The first-order chi connectivity index (χ1) is 5.11. The van der Waals surface area contributed by atoms with Crippen LogP contribution in [0.2, 0.25) is 0 Å². The van der Waals surface area contributed by atoms with Gasteiger partial charge in [0.05, 0.1) is 5.97 Å². The van der Waals surface area contributed by atoms with Crippen molar-refractivity contribution in [2.45, 2.75) is 0 Å². The summed E-state index contributed by atoms with van der Waals surface area (Å²) < 4.78 is 0. The molecular weight excluding hydrogens is 279 g/mol. The molecule has 0 saturated carbocycles. The Balaban J connectivity index is 0.00000121. The van der Waals surface area contributed by atoms with Gasteiger partial charge in [-0.25, -0.2) is 0 Å². The average Bonchev–Trinajstić information content (AvgIpc) is 1.85. The monoisotopic (exact) mass is 285 g/mol. The Morgan fingerprint density at radius 3 is 2.50 bits per heavy atom. The summed E-state index contributed by atoms with van der Waals surface area (Å²) in [4.78, 5) is 10.2. The van der Waals surface area contributed by atoms with E-state index < -0.39 is 5.97 Å². The maximum atomic E-state index is 10.2. The molecule has 1 aromatic carbocycles. The molecule has 0 heterocycles. The fourth-order valence-corrected chi connectivity index (χ4v) is 0.721. The molecule has 0 radical (unpaired) electrons. The standard InChI is InChI=1S/C7H7NO3.Cs/c8-4-1-2-5(7(10)11)6(9)3-4;/h1-3,9H,8H2,(H,10,11);/q;+1/p-1. The predicted molar refractivity (Wildman–Crippen MR) is 36.8 cm³/mol. The van der Waals surface area contributed by atoms with Crippen molar-refractivity contribution in [2.75, 3.05) is 5.73 Å². The van der Waals surface area contributed by atoms with Gasteiger partial charge in [-0.1, -0.05) is 0 Å². The van der Waals surface area contributed by atoms with Crippen LogP contribution in [0.15, 0.2) is 18.2 Å². The number of carbonyl (C=O) groups is 1. The first-order valence-electron chi connectivity index (χ1n) is 2.91. The van der Waals surface area contributed by atoms with E-state index in [0.29, 0.717) is 5.69 Å². The van der Waals surface area contributed by atoms with Gasteiger partial charge in [-0.3, -0.25) is 0 Å². The molecule has 0 aliphatic heterocycles. The van der Waals surface area contributed by atoms with Crippen LogP contribution < -0.4 is 79.7 Å². The number of hydrogen-bond acceptors (Lipinski definition) is 4. The number of hydrogen-bond donors (Lipinski definition) is 2. The third-order valence-electron chi connectivity index (χ3n) is 1.24. The van der Waals surface area contributed by atoms with Gasteiger partial charge in [-0.15, -0.1) is 0 Å². The van der Waals surface area contributed by atoms with Crippen LogP contribution in [0.4, 0.5) is 5.69 Å². The third-order valence-corrected chi connectivity index (χ3v) is 1.24. The molecule has 0 aliphatic carbocycles. The van der Waals surface area contributed by atoms with Gasteiger partial charge in [-0.05, 0) is 12.1 Å². The van der Waals surface area contributed by atoms with Gasteiger partial charge < -0.3 is 20.7 Å². The Labute approximate surface area is 128 Å². The van der Waals surface area contributed by atoms with E-state index in [9.17, 15) is 9.90 Å². The number of carboxylic acid groups (broad SMARTS) is 1. The normalized spacial score (nSPS) is 8.67. The average molecular weight is 285 g/mol. The van der Waals surface area contributed by atoms with Crippen molar-refractivity contribution in [2.24, 2.45) is 0 Å². The zero-order valence-electron chi connectivity index (χ0n) is 6.57. The molecule has 58 valence electrons. The van der Waals surface area contributed by atoms with E-state index in [1.54, 1.807) is 0 Å². The zero-order chi connectivity index (χ0) is 8.43. The number of anilines is 1. The smallest absolute Gasteiger partial charge is 0.545 e. The van der Waals surface area contributed by atoms with Crippen LogP contribution in [-0.4, -0.2) is 11.1 Å². The molecule has 3 N–H and O–H groups in total. The molecule has 0 spiro atoms. The molecule has 0 aromatic heterocycles. The Morgan fingerprint density at radius 1 is 1.50 bits per heavy atom.